The molecule has 1 atom stereocenters. The van der Waals surface area contributed by atoms with E-state index in [2.05, 4.69) is 79.9 Å². The molecule has 1 unspecified atom stereocenters. The third kappa shape index (κ3) is 4.24. The van der Waals surface area contributed by atoms with Gasteiger partial charge in [0.15, 0.2) is 5.65 Å². The maximum absolute atomic E-state index is 5.27. The SMILES string of the molecule is C=C(C)N1CCN(c2cc(N3CCC3)nc3cc(C4CCCCN4c4ncnc5cccc(C)c45)nn23)CC1. The minimum atomic E-state index is 0.152. The van der Waals surface area contributed by atoms with Crippen molar-refractivity contribution in [3.05, 3.63) is 60.2 Å². The van der Waals surface area contributed by atoms with Gasteiger partial charge in [-0.25, -0.2) is 15.0 Å². The maximum Gasteiger partial charge on any atom is 0.160 e. The van der Waals surface area contributed by atoms with Gasteiger partial charge in [0.25, 0.3) is 0 Å². The summed E-state index contributed by atoms with van der Waals surface area (Å²) in [6, 6.07) is 10.9. The molecular formula is C30H37N9. The second-order valence-electron chi connectivity index (χ2n) is 11.2. The van der Waals surface area contributed by atoms with Gasteiger partial charge in [-0.1, -0.05) is 18.7 Å². The first-order valence-electron chi connectivity index (χ1n) is 14.3. The highest BCUT2D eigenvalue weighted by atomic mass is 15.4. The van der Waals surface area contributed by atoms with E-state index in [1.165, 1.54) is 18.4 Å². The summed E-state index contributed by atoms with van der Waals surface area (Å²) in [5.74, 6) is 3.22. The van der Waals surface area contributed by atoms with Crippen molar-refractivity contribution < 1.29 is 0 Å². The number of piperidine rings is 1. The van der Waals surface area contributed by atoms with E-state index in [9.17, 15) is 0 Å². The van der Waals surface area contributed by atoms with Crippen LogP contribution in [0.4, 0.5) is 17.5 Å². The second-order valence-corrected chi connectivity index (χ2v) is 11.2. The molecule has 0 N–H and O–H groups in total. The molecular weight excluding hydrogens is 486 g/mol. The van der Waals surface area contributed by atoms with Gasteiger partial charge < -0.3 is 19.6 Å². The Balaban J connectivity index is 1.30. The summed E-state index contributed by atoms with van der Waals surface area (Å²) in [5.41, 5.74) is 5.35. The minimum absolute atomic E-state index is 0.152. The van der Waals surface area contributed by atoms with E-state index in [-0.39, 0.29) is 6.04 Å². The Kier molecular flexibility index (Phi) is 6.01. The zero-order chi connectivity index (χ0) is 26.5. The van der Waals surface area contributed by atoms with Crippen LogP contribution in [0, 0.1) is 6.92 Å². The van der Waals surface area contributed by atoms with Crippen molar-refractivity contribution in [2.24, 2.45) is 0 Å². The van der Waals surface area contributed by atoms with Crippen molar-refractivity contribution in [2.45, 2.75) is 45.6 Å². The number of aryl methyl sites for hydroxylation is 1. The molecule has 202 valence electrons. The molecule has 0 spiro atoms. The van der Waals surface area contributed by atoms with Gasteiger partial charge in [-0.05, 0) is 51.2 Å². The summed E-state index contributed by atoms with van der Waals surface area (Å²) in [6.07, 6.45) is 6.31. The molecule has 3 aliphatic heterocycles. The fourth-order valence-electron chi connectivity index (χ4n) is 6.35. The molecule has 0 bridgehead atoms. The largest absolute Gasteiger partial charge is 0.372 e. The number of hydrogen-bond donors (Lipinski definition) is 0. The summed E-state index contributed by atoms with van der Waals surface area (Å²) >= 11 is 0. The molecule has 3 aromatic heterocycles. The highest BCUT2D eigenvalue weighted by Gasteiger charge is 2.31. The lowest BCUT2D eigenvalue weighted by Crippen LogP contribution is -2.46. The molecule has 3 saturated heterocycles. The molecule has 9 heteroatoms. The molecule has 0 radical (unpaired) electrons. The lowest BCUT2D eigenvalue weighted by atomic mass is 9.98. The first-order chi connectivity index (χ1) is 19.1. The normalized spacial score (nSPS) is 20.1. The van der Waals surface area contributed by atoms with Crippen LogP contribution in [0.1, 0.15) is 49.9 Å². The summed E-state index contributed by atoms with van der Waals surface area (Å²) in [5, 5.41) is 6.41. The summed E-state index contributed by atoms with van der Waals surface area (Å²) in [4.78, 5) is 24.2. The van der Waals surface area contributed by atoms with Crippen LogP contribution in [0.5, 0.6) is 0 Å². The van der Waals surface area contributed by atoms with E-state index >= 15 is 0 Å². The minimum Gasteiger partial charge on any atom is -0.372 e. The van der Waals surface area contributed by atoms with Crippen molar-refractivity contribution in [3.63, 3.8) is 0 Å². The molecule has 3 aliphatic rings. The van der Waals surface area contributed by atoms with Crippen LogP contribution in [0.25, 0.3) is 16.6 Å². The van der Waals surface area contributed by atoms with E-state index < -0.39 is 0 Å². The van der Waals surface area contributed by atoms with Gasteiger partial charge in [-0.15, -0.1) is 0 Å². The number of hydrogen-bond acceptors (Lipinski definition) is 8. The first-order valence-corrected chi connectivity index (χ1v) is 14.3. The molecule has 9 nitrogen and oxygen atoms in total. The van der Waals surface area contributed by atoms with E-state index in [0.29, 0.717) is 0 Å². The third-order valence-corrected chi connectivity index (χ3v) is 8.70. The number of benzene rings is 1. The third-order valence-electron chi connectivity index (χ3n) is 8.70. The highest BCUT2D eigenvalue weighted by Crippen LogP contribution is 2.38. The number of fused-ring (bicyclic) bond motifs is 2. The van der Waals surface area contributed by atoms with Crippen molar-refractivity contribution >= 4 is 34.0 Å². The first kappa shape index (κ1) is 24.2. The number of anilines is 3. The molecule has 1 aromatic carbocycles. The molecule has 39 heavy (non-hydrogen) atoms. The number of piperazine rings is 1. The zero-order valence-corrected chi connectivity index (χ0v) is 23.1. The Hall–Kier alpha value is -3.88. The van der Waals surface area contributed by atoms with Gasteiger partial charge in [0.1, 0.15) is 23.8 Å². The van der Waals surface area contributed by atoms with Gasteiger partial charge in [0.2, 0.25) is 0 Å². The smallest absolute Gasteiger partial charge is 0.160 e. The van der Waals surface area contributed by atoms with Gasteiger partial charge in [-0.2, -0.15) is 9.61 Å². The Morgan fingerprint density at radius 1 is 0.923 bits per heavy atom. The molecule has 0 aliphatic carbocycles. The maximum atomic E-state index is 5.27. The predicted octanol–water partition coefficient (Wildman–Crippen LogP) is 4.58. The van der Waals surface area contributed by atoms with E-state index in [4.69, 9.17) is 15.1 Å². The number of nitrogens with zero attached hydrogens (tertiary/aromatic N) is 9. The second kappa shape index (κ2) is 9.70. The molecule has 0 saturated carbocycles. The number of allylic oxidation sites excluding steroid dienone is 1. The average molecular weight is 524 g/mol. The average Bonchev–Trinajstić information content (AvgIpc) is 3.36. The van der Waals surface area contributed by atoms with Crippen LogP contribution >= 0.6 is 0 Å². The van der Waals surface area contributed by atoms with Crippen molar-refractivity contribution in [3.8, 4) is 0 Å². The van der Waals surface area contributed by atoms with Gasteiger partial charge >= 0.3 is 0 Å². The Morgan fingerprint density at radius 2 is 1.77 bits per heavy atom. The van der Waals surface area contributed by atoms with Gasteiger partial charge in [0, 0.05) is 69.0 Å². The van der Waals surface area contributed by atoms with Crippen molar-refractivity contribution in [1.82, 2.24) is 29.5 Å². The molecule has 6 heterocycles. The Bertz CT molecular complexity index is 1530. The highest BCUT2D eigenvalue weighted by molar-refractivity contribution is 5.92. The van der Waals surface area contributed by atoms with E-state index in [0.717, 1.165) is 104 Å². The number of aromatic nitrogens is 5. The van der Waals surface area contributed by atoms with Gasteiger partial charge in [0.05, 0.1) is 17.3 Å². The molecule has 0 amide bonds. The topological polar surface area (TPSA) is 68.9 Å². The van der Waals surface area contributed by atoms with Crippen LogP contribution in [0.15, 0.2) is 48.9 Å². The van der Waals surface area contributed by atoms with Crippen LogP contribution in [0.2, 0.25) is 0 Å². The van der Waals surface area contributed by atoms with Crippen LogP contribution in [-0.4, -0.2) is 75.3 Å². The van der Waals surface area contributed by atoms with Crippen LogP contribution in [0.3, 0.4) is 0 Å². The predicted molar refractivity (Wildman–Crippen MR) is 157 cm³/mol. The quantitative estimate of drug-likeness (QED) is 0.377. The summed E-state index contributed by atoms with van der Waals surface area (Å²) in [6.45, 7) is 15.4. The van der Waals surface area contributed by atoms with Crippen molar-refractivity contribution in [1.29, 1.82) is 0 Å². The molecule has 3 fully saturated rings. The van der Waals surface area contributed by atoms with E-state index in [1.807, 2.05) is 0 Å². The fraction of sp³-hybridized carbons (Fsp3) is 0.467. The van der Waals surface area contributed by atoms with Crippen molar-refractivity contribution in [2.75, 3.05) is 60.5 Å². The van der Waals surface area contributed by atoms with E-state index in [1.54, 1.807) is 6.33 Å². The van der Waals surface area contributed by atoms with Gasteiger partial charge in [-0.3, -0.25) is 0 Å². The fourth-order valence-corrected chi connectivity index (χ4v) is 6.35. The Morgan fingerprint density at radius 3 is 2.54 bits per heavy atom. The molecule has 7 rings (SSSR count). The standard InChI is InChI=1S/C30H37N9/c1-21(2)35-14-16-37(17-15-35)28-19-26(36-11-7-12-36)33-27-18-24(34-39(27)28)25-10-4-5-13-38(25)30-29-22(3)8-6-9-23(29)31-20-32-30/h6,8-9,18-20,25H,1,4-5,7,10-17H2,2-3H3. The lowest BCUT2D eigenvalue weighted by molar-refractivity contribution is 0.322. The lowest BCUT2D eigenvalue weighted by Gasteiger charge is -2.38. The van der Waals surface area contributed by atoms with Crippen LogP contribution in [-0.2, 0) is 0 Å². The summed E-state index contributed by atoms with van der Waals surface area (Å²) in [7, 11) is 0. The zero-order valence-electron chi connectivity index (χ0n) is 23.1. The molecule has 4 aromatic rings. The number of rotatable bonds is 5. The monoisotopic (exact) mass is 523 g/mol. The Labute approximate surface area is 229 Å². The van der Waals surface area contributed by atoms with Crippen LogP contribution < -0.4 is 14.7 Å². The summed E-state index contributed by atoms with van der Waals surface area (Å²) < 4.78 is 2.09.